The van der Waals surface area contributed by atoms with Crippen molar-refractivity contribution >= 4 is 0 Å². The Balaban J connectivity index is 1.95. The topological polar surface area (TPSA) is 63.8 Å². The monoisotopic (exact) mass is 194 g/mol. The smallest absolute Gasteiger partial charge is 0.206 e. The highest BCUT2D eigenvalue weighted by Gasteiger charge is 2.57. The van der Waals surface area contributed by atoms with Gasteiger partial charge in [-0.2, -0.15) is 4.80 Å². The van der Waals surface area contributed by atoms with Crippen LogP contribution < -0.4 is 0 Å². The molecule has 3 unspecified atom stereocenters. The second-order valence-corrected chi connectivity index (χ2v) is 4.52. The van der Waals surface area contributed by atoms with Crippen LogP contribution in [-0.4, -0.2) is 25.3 Å². The van der Waals surface area contributed by atoms with E-state index in [9.17, 15) is 5.11 Å². The average Bonchev–Trinajstić information content (AvgIpc) is 2.83. The summed E-state index contributed by atoms with van der Waals surface area (Å²) in [6.07, 6.45) is 4.26. The number of nitrogens with zero attached hydrogens (tertiary/aromatic N) is 4. The molecule has 0 saturated heterocycles. The maximum Gasteiger partial charge on any atom is 0.206 e. The van der Waals surface area contributed by atoms with Gasteiger partial charge in [-0.3, -0.25) is 0 Å². The molecule has 0 aliphatic heterocycles. The molecule has 2 fully saturated rings. The summed E-state index contributed by atoms with van der Waals surface area (Å²) in [5, 5.41) is 22.3. The average molecular weight is 194 g/mol. The van der Waals surface area contributed by atoms with Crippen LogP contribution in [0.3, 0.4) is 0 Å². The number of tetrazole rings is 1. The maximum absolute atomic E-state index is 10.5. The van der Waals surface area contributed by atoms with Crippen LogP contribution in [0.1, 0.15) is 31.5 Å². The van der Waals surface area contributed by atoms with Crippen LogP contribution in [-0.2, 0) is 12.6 Å². The highest BCUT2D eigenvalue weighted by Crippen LogP contribution is 2.58. The summed E-state index contributed by atoms with van der Waals surface area (Å²) in [6.45, 7) is 0. The molecule has 14 heavy (non-hydrogen) atoms. The van der Waals surface area contributed by atoms with Crippen molar-refractivity contribution in [2.45, 2.75) is 31.3 Å². The van der Waals surface area contributed by atoms with Crippen molar-refractivity contribution in [1.29, 1.82) is 0 Å². The van der Waals surface area contributed by atoms with Gasteiger partial charge < -0.3 is 5.11 Å². The molecular weight excluding hydrogens is 180 g/mol. The van der Waals surface area contributed by atoms with Gasteiger partial charge in [0.2, 0.25) is 5.82 Å². The van der Waals surface area contributed by atoms with E-state index in [0.29, 0.717) is 17.7 Å². The first-order chi connectivity index (χ1) is 6.70. The van der Waals surface area contributed by atoms with Crippen molar-refractivity contribution in [3.63, 3.8) is 0 Å². The van der Waals surface area contributed by atoms with E-state index in [0.717, 1.165) is 19.3 Å². The summed E-state index contributed by atoms with van der Waals surface area (Å²) in [6, 6.07) is 0. The molecule has 5 nitrogen and oxygen atoms in total. The van der Waals surface area contributed by atoms with Crippen molar-refractivity contribution in [3.8, 4) is 0 Å². The molecule has 0 aromatic carbocycles. The van der Waals surface area contributed by atoms with Crippen molar-refractivity contribution in [2.75, 3.05) is 0 Å². The van der Waals surface area contributed by atoms with Crippen LogP contribution in [0, 0.1) is 11.8 Å². The summed E-state index contributed by atoms with van der Waals surface area (Å²) in [5.74, 6) is 1.62. The molecule has 3 atom stereocenters. The summed E-state index contributed by atoms with van der Waals surface area (Å²) in [5.41, 5.74) is -0.781. The number of hydrogen-bond donors (Lipinski definition) is 1. The Labute approximate surface area is 82.1 Å². The molecule has 5 heteroatoms. The van der Waals surface area contributed by atoms with Gasteiger partial charge in [0, 0.05) is 0 Å². The SMILES string of the molecule is Cn1nnc(C2(O)CCCC3CC32)n1. The zero-order chi connectivity index (χ0) is 9.76. The molecule has 76 valence electrons. The Hall–Kier alpha value is -0.970. The molecule has 1 N–H and O–H groups in total. The summed E-state index contributed by atoms with van der Waals surface area (Å²) in [4.78, 5) is 1.42. The normalized spacial score (nSPS) is 40.7. The maximum atomic E-state index is 10.5. The Kier molecular flexibility index (Phi) is 1.51. The third-order valence-electron chi connectivity index (χ3n) is 3.56. The fraction of sp³-hybridized carbons (Fsp3) is 0.889. The molecule has 2 aliphatic rings. The fourth-order valence-electron chi connectivity index (χ4n) is 2.71. The number of aliphatic hydroxyl groups is 1. The Morgan fingerprint density at radius 3 is 3.14 bits per heavy atom. The van der Waals surface area contributed by atoms with E-state index in [1.807, 2.05) is 0 Å². The fourth-order valence-corrected chi connectivity index (χ4v) is 2.71. The first kappa shape index (κ1) is 8.35. The minimum absolute atomic E-state index is 0.389. The molecule has 0 spiro atoms. The number of hydrogen-bond acceptors (Lipinski definition) is 4. The number of aromatic nitrogens is 4. The first-order valence-electron chi connectivity index (χ1n) is 5.17. The lowest BCUT2D eigenvalue weighted by Crippen LogP contribution is -2.33. The van der Waals surface area contributed by atoms with Crippen LogP contribution in [0.5, 0.6) is 0 Å². The van der Waals surface area contributed by atoms with E-state index < -0.39 is 5.60 Å². The van der Waals surface area contributed by atoms with Gasteiger partial charge in [0.15, 0.2) is 0 Å². The summed E-state index contributed by atoms with van der Waals surface area (Å²) < 4.78 is 0. The van der Waals surface area contributed by atoms with Crippen molar-refractivity contribution in [3.05, 3.63) is 5.82 Å². The Bertz CT molecular complexity index is 363. The summed E-state index contributed by atoms with van der Waals surface area (Å²) >= 11 is 0. The number of rotatable bonds is 1. The van der Waals surface area contributed by atoms with E-state index in [2.05, 4.69) is 15.4 Å². The summed E-state index contributed by atoms with van der Waals surface area (Å²) in [7, 11) is 1.73. The highest BCUT2D eigenvalue weighted by molar-refractivity contribution is 5.12. The van der Waals surface area contributed by atoms with Crippen LogP contribution in [0.25, 0.3) is 0 Å². The van der Waals surface area contributed by atoms with Gasteiger partial charge in [0.05, 0.1) is 7.05 Å². The zero-order valence-corrected chi connectivity index (χ0v) is 8.22. The lowest BCUT2D eigenvalue weighted by molar-refractivity contribution is -0.0244. The Morgan fingerprint density at radius 2 is 2.43 bits per heavy atom. The first-order valence-corrected chi connectivity index (χ1v) is 5.17. The second-order valence-electron chi connectivity index (χ2n) is 4.52. The minimum Gasteiger partial charge on any atom is -0.381 e. The second kappa shape index (κ2) is 2.53. The molecule has 1 heterocycles. The molecule has 1 aromatic rings. The molecular formula is C9H14N4O. The molecule has 1 aromatic heterocycles. The molecule has 0 radical (unpaired) electrons. The third kappa shape index (κ3) is 1.02. The Morgan fingerprint density at radius 1 is 1.57 bits per heavy atom. The van der Waals surface area contributed by atoms with Crippen LogP contribution in [0.15, 0.2) is 0 Å². The van der Waals surface area contributed by atoms with E-state index in [1.54, 1.807) is 7.05 Å². The van der Waals surface area contributed by atoms with Gasteiger partial charge in [-0.05, 0) is 42.7 Å². The largest absolute Gasteiger partial charge is 0.381 e. The van der Waals surface area contributed by atoms with Crippen molar-refractivity contribution < 1.29 is 5.11 Å². The molecule has 3 rings (SSSR count). The van der Waals surface area contributed by atoms with E-state index in [4.69, 9.17) is 0 Å². The quantitative estimate of drug-likeness (QED) is 0.694. The molecule has 0 amide bonds. The van der Waals surface area contributed by atoms with Crippen LogP contribution in [0.4, 0.5) is 0 Å². The number of fused-ring (bicyclic) bond motifs is 1. The zero-order valence-electron chi connectivity index (χ0n) is 8.22. The van der Waals surface area contributed by atoms with Crippen LogP contribution >= 0.6 is 0 Å². The van der Waals surface area contributed by atoms with Gasteiger partial charge in [-0.15, -0.1) is 10.2 Å². The van der Waals surface area contributed by atoms with Gasteiger partial charge in [0.1, 0.15) is 5.60 Å². The van der Waals surface area contributed by atoms with Gasteiger partial charge in [0.25, 0.3) is 0 Å². The standard InChI is InChI=1S/C9H14N4O/c1-13-11-8(10-12-13)9(14)4-2-3-6-5-7(6)9/h6-7,14H,2-5H2,1H3. The van der Waals surface area contributed by atoms with E-state index in [-0.39, 0.29) is 0 Å². The van der Waals surface area contributed by atoms with Gasteiger partial charge >= 0.3 is 0 Å². The minimum atomic E-state index is -0.781. The van der Waals surface area contributed by atoms with Crippen LogP contribution in [0.2, 0.25) is 0 Å². The molecule has 2 saturated carbocycles. The van der Waals surface area contributed by atoms with E-state index >= 15 is 0 Å². The molecule has 2 aliphatic carbocycles. The predicted octanol–water partition coefficient (Wildman–Crippen LogP) is 0.218. The lowest BCUT2D eigenvalue weighted by atomic mass is 9.84. The highest BCUT2D eigenvalue weighted by atomic mass is 16.3. The number of aryl methyl sites for hydroxylation is 1. The molecule has 0 bridgehead atoms. The van der Waals surface area contributed by atoms with Crippen molar-refractivity contribution in [1.82, 2.24) is 20.2 Å². The van der Waals surface area contributed by atoms with E-state index in [1.165, 1.54) is 11.2 Å². The van der Waals surface area contributed by atoms with Gasteiger partial charge in [-0.25, -0.2) is 0 Å². The third-order valence-corrected chi connectivity index (χ3v) is 3.56. The lowest BCUT2D eigenvalue weighted by Gasteiger charge is -2.28. The van der Waals surface area contributed by atoms with Gasteiger partial charge in [-0.1, -0.05) is 0 Å². The van der Waals surface area contributed by atoms with Crippen molar-refractivity contribution in [2.24, 2.45) is 18.9 Å². The predicted molar refractivity (Wildman–Crippen MR) is 48.1 cm³/mol.